The minimum atomic E-state index is 0.0554. The Hall–Kier alpha value is -0.960. The van der Waals surface area contributed by atoms with Crippen LogP contribution in [0.1, 0.15) is 44.0 Å². The lowest BCUT2D eigenvalue weighted by atomic mass is 10.2. The number of nitrogens with one attached hydrogen (secondary N) is 1. The van der Waals surface area contributed by atoms with Crippen LogP contribution in [0.3, 0.4) is 0 Å². The molecule has 2 nitrogen and oxygen atoms in total. The Kier molecular flexibility index (Phi) is 3.48. The van der Waals surface area contributed by atoms with E-state index >= 15 is 0 Å². The van der Waals surface area contributed by atoms with Crippen molar-refractivity contribution in [3.8, 4) is 0 Å². The predicted molar refractivity (Wildman–Crippen MR) is 72.5 cm³/mol. The molecule has 1 amide bonds. The second kappa shape index (κ2) is 4.73. The van der Waals surface area contributed by atoms with Gasteiger partial charge in [0.25, 0.3) is 5.91 Å². The quantitative estimate of drug-likeness (QED) is 0.831. The van der Waals surface area contributed by atoms with Crippen LogP contribution in [0.15, 0.2) is 29.2 Å². The van der Waals surface area contributed by atoms with E-state index in [4.69, 9.17) is 0 Å². The zero-order chi connectivity index (χ0) is 12.5. The van der Waals surface area contributed by atoms with Crippen LogP contribution in [-0.4, -0.2) is 16.7 Å². The van der Waals surface area contributed by atoms with Crippen LogP contribution in [-0.2, 0) is 0 Å². The van der Waals surface area contributed by atoms with E-state index in [2.05, 4.69) is 26.1 Å². The fraction of sp³-hybridized carbons (Fsp3) is 0.500. The molecule has 1 aromatic carbocycles. The summed E-state index contributed by atoms with van der Waals surface area (Å²) in [4.78, 5) is 13.0. The number of rotatable bonds is 3. The van der Waals surface area contributed by atoms with Crippen molar-refractivity contribution in [3.63, 3.8) is 0 Å². The summed E-state index contributed by atoms with van der Waals surface area (Å²) in [5.41, 5.74) is 0.759. The van der Waals surface area contributed by atoms with E-state index in [1.54, 1.807) is 0 Å². The summed E-state index contributed by atoms with van der Waals surface area (Å²) in [6, 6.07) is 8.29. The normalized spacial score (nSPS) is 15.7. The number of hydrogen-bond acceptors (Lipinski definition) is 2. The van der Waals surface area contributed by atoms with Crippen molar-refractivity contribution in [2.75, 3.05) is 0 Å². The van der Waals surface area contributed by atoms with Gasteiger partial charge in [0.15, 0.2) is 0 Å². The van der Waals surface area contributed by atoms with Gasteiger partial charge in [0.05, 0.1) is 0 Å². The minimum Gasteiger partial charge on any atom is -0.349 e. The molecule has 92 valence electrons. The zero-order valence-corrected chi connectivity index (χ0v) is 11.4. The highest BCUT2D eigenvalue weighted by Gasteiger charge is 2.23. The van der Waals surface area contributed by atoms with Crippen LogP contribution in [0.5, 0.6) is 0 Å². The second-order valence-corrected chi connectivity index (χ2v) is 7.39. The molecular formula is C14H19NOS. The fourth-order valence-electron chi connectivity index (χ4n) is 1.52. The lowest BCUT2D eigenvalue weighted by molar-refractivity contribution is 0.0951. The van der Waals surface area contributed by atoms with E-state index < -0.39 is 0 Å². The molecule has 2 rings (SSSR count). The molecule has 0 spiro atoms. The van der Waals surface area contributed by atoms with Crippen LogP contribution in [0.2, 0.25) is 0 Å². The second-order valence-electron chi connectivity index (χ2n) is 5.49. The summed E-state index contributed by atoms with van der Waals surface area (Å²) in [5.74, 6) is 0.0554. The summed E-state index contributed by atoms with van der Waals surface area (Å²) < 4.78 is 0.206. The fourth-order valence-corrected chi connectivity index (χ4v) is 2.50. The molecule has 1 aromatic rings. The summed E-state index contributed by atoms with van der Waals surface area (Å²) in [7, 11) is 0. The molecule has 3 heteroatoms. The number of thioether (sulfide) groups is 1. The van der Waals surface area contributed by atoms with Crippen molar-refractivity contribution in [2.24, 2.45) is 0 Å². The third-order valence-corrected chi connectivity index (χ3v) is 3.57. The summed E-state index contributed by atoms with van der Waals surface area (Å²) in [5, 5.41) is 2.99. The number of carbonyl (C=O) groups excluding carboxylic acids is 1. The first kappa shape index (κ1) is 12.5. The first-order valence-electron chi connectivity index (χ1n) is 6.04. The van der Waals surface area contributed by atoms with Crippen LogP contribution in [0, 0.1) is 0 Å². The molecule has 0 atom stereocenters. The van der Waals surface area contributed by atoms with E-state index in [1.807, 2.05) is 36.0 Å². The van der Waals surface area contributed by atoms with Crippen LogP contribution < -0.4 is 5.32 Å². The van der Waals surface area contributed by atoms with Gasteiger partial charge >= 0.3 is 0 Å². The van der Waals surface area contributed by atoms with Gasteiger partial charge in [0, 0.05) is 21.2 Å². The Balaban J connectivity index is 1.99. The molecule has 1 N–H and O–H groups in total. The Bertz CT molecular complexity index is 401. The number of benzene rings is 1. The van der Waals surface area contributed by atoms with Crippen molar-refractivity contribution in [1.82, 2.24) is 5.32 Å². The summed E-state index contributed by atoms with van der Waals surface area (Å²) in [6.07, 6.45) is 2.26. The van der Waals surface area contributed by atoms with Gasteiger partial charge in [-0.05, 0) is 37.1 Å². The molecule has 1 aliphatic rings. The van der Waals surface area contributed by atoms with Gasteiger partial charge in [-0.1, -0.05) is 20.8 Å². The van der Waals surface area contributed by atoms with Gasteiger partial charge in [-0.2, -0.15) is 0 Å². The monoisotopic (exact) mass is 249 g/mol. The van der Waals surface area contributed by atoms with E-state index in [1.165, 1.54) is 4.90 Å². The molecule has 0 bridgehead atoms. The maximum absolute atomic E-state index is 11.8. The molecule has 0 unspecified atom stereocenters. The Labute approximate surface area is 107 Å². The highest BCUT2D eigenvalue weighted by Crippen LogP contribution is 2.31. The minimum absolute atomic E-state index is 0.0554. The van der Waals surface area contributed by atoms with E-state index in [9.17, 15) is 4.79 Å². The highest BCUT2D eigenvalue weighted by molar-refractivity contribution is 8.00. The number of hydrogen-bond donors (Lipinski definition) is 1. The van der Waals surface area contributed by atoms with Gasteiger partial charge in [-0.15, -0.1) is 11.8 Å². The maximum atomic E-state index is 11.8. The third-order valence-electron chi connectivity index (χ3n) is 2.45. The molecule has 1 saturated carbocycles. The van der Waals surface area contributed by atoms with Gasteiger partial charge < -0.3 is 5.32 Å². The Morgan fingerprint density at radius 1 is 1.24 bits per heavy atom. The number of amides is 1. The topological polar surface area (TPSA) is 29.1 Å². The molecule has 1 fully saturated rings. The van der Waals surface area contributed by atoms with Gasteiger partial charge in [0.2, 0.25) is 0 Å². The molecule has 1 aliphatic carbocycles. The SMILES string of the molecule is CC(C)(C)Sc1ccc(C(=O)NC2CC2)cc1. The van der Waals surface area contributed by atoms with Crippen molar-refractivity contribution >= 4 is 17.7 Å². The molecular weight excluding hydrogens is 230 g/mol. The first-order valence-corrected chi connectivity index (χ1v) is 6.86. The van der Waals surface area contributed by atoms with E-state index in [0.29, 0.717) is 6.04 Å². The Morgan fingerprint density at radius 3 is 2.29 bits per heavy atom. The highest BCUT2D eigenvalue weighted by atomic mass is 32.2. The van der Waals surface area contributed by atoms with E-state index in [0.717, 1.165) is 18.4 Å². The van der Waals surface area contributed by atoms with Crippen molar-refractivity contribution < 1.29 is 4.79 Å². The molecule has 0 saturated heterocycles. The summed E-state index contributed by atoms with van der Waals surface area (Å²) >= 11 is 1.82. The lowest BCUT2D eigenvalue weighted by Gasteiger charge is -2.17. The van der Waals surface area contributed by atoms with E-state index in [-0.39, 0.29) is 10.7 Å². The largest absolute Gasteiger partial charge is 0.349 e. The maximum Gasteiger partial charge on any atom is 0.251 e. The lowest BCUT2D eigenvalue weighted by Crippen LogP contribution is -2.25. The van der Waals surface area contributed by atoms with Crippen LogP contribution >= 0.6 is 11.8 Å². The van der Waals surface area contributed by atoms with Crippen molar-refractivity contribution in [3.05, 3.63) is 29.8 Å². The number of carbonyl (C=O) groups is 1. The van der Waals surface area contributed by atoms with Gasteiger partial charge in [0.1, 0.15) is 0 Å². The zero-order valence-electron chi connectivity index (χ0n) is 10.6. The van der Waals surface area contributed by atoms with Gasteiger partial charge in [-0.3, -0.25) is 4.79 Å². The standard InChI is InChI=1S/C14H19NOS/c1-14(2,3)17-12-8-4-10(5-9-12)13(16)15-11-6-7-11/h4-5,8-9,11H,6-7H2,1-3H3,(H,15,16). The molecule has 0 radical (unpaired) electrons. The van der Waals surface area contributed by atoms with Crippen molar-refractivity contribution in [1.29, 1.82) is 0 Å². The first-order chi connectivity index (χ1) is 7.94. The molecule has 0 aromatic heterocycles. The average molecular weight is 249 g/mol. The van der Waals surface area contributed by atoms with Gasteiger partial charge in [-0.25, -0.2) is 0 Å². The van der Waals surface area contributed by atoms with Crippen LogP contribution in [0.25, 0.3) is 0 Å². The average Bonchev–Trinajstić information content (AvgIpc) is 3.00. The Morgan fingerprint density at radius 2 is 1.82 bits per heavy atom. The van der Waals surface area contributed by atoms with Crippen molar-refractivity contribution in [2.45, 2.75) is 49.3 Å². The predicted octanol–water partition coefficient (Wildman–Crippen LogP) is 3.47. The third kappa shape index (κ3) is 4.08. The molecule has 0 aliphatic heterocycles. The van der Waals surface area contributed by atoms with Crippen LogP contribution in [0.4, 0.5) is 0 Å². The smallest absolute Gasteiger partial charge is 0.251 e. The molecule has 17 heavy (non-hydrogen) atoms. The summed E-state index contributed by atoms with van der Waals surface area (Å²) in [6.45, 7) is 6.56. The molecule has 0 heterocycles.